The Balaban J connectivity index is 2.20. The van der Waals surface area contributed by atoms with Gasteiger partial charge in [-0.15, -0.1) is 0 Å². The topological polar surface area (TPSA) is 143 Å². The van der Waals surface area contributed by atoms with Crippen LogP contribution in [0.5, 0.6) is 11.5 Å². The Hall–Kier alpha value is -4.03. The van der Waals surface area contributed by atoms with Crippen molar-refractivity contribution >= 4 is 11.8 Å². The zero-order valence-corrected chi connectivity index (χ0v) is 18.1. The molecule has 3 rings (SSSR count). The van der Waals surface area contributed by atoms with E-state index in [1.807, 2.05) is 19.1 Å². The van der Waals surface area contributed by atoms with Gasteiger partial charge in [-0.05, 0) is 30.2 Å². The number of carbonyl (C=O) groups is 1. The molecule has 0 saturated heterocycles. The van der Waals surface area contributed by atoms with Gasteiger partial charge in [0.05, 0.1) is 50.7 Å². The third-order valence-electron chi connectivity index (χ3n) is 6.07. The van der Waals surface area contributed by atoms with E-state index in [9.17, 15) is 20.6 Å². The number of rotatable bonds is 4. The lowest BCUT2D eigenvalue weighted by Crippen LogP contribution is -2.53. The van der Waals surface area contributed by atoms with Crippen LogP contribution < -0.4 is 9.47 Å². The lowest BCUT2D eigenvalue weighted by molar-refractivity contribution is 0.115. The number of nitriles is 3. The standard InChI is InChI=1S/C23H23N5O4/c1-4-32-18-6-5-14(9-19(18)30-2)20-15(10-24)21(27)23(12-25,13-26)17-7-8-28(11-16(17)20)22(29)31-3/h5-7,9,15-16,20,27H,4,8,11H2,1-3H3/t15?,16-,20-/m0/s1. The molecular formula is C23H23N5O4. The first-order valence-electron chi connectivity index (χ1n) is 10.1. The maximum absolute atomic E-state index is 12.2. The first kappa shape index (κ1) is 22.7. The van der Waals surface area contributed by atoms with Crippen molar-refractivity contribution in [1.29, 1.82) is 21.2 Å². The van der Waals surface area contributed by atoms with Crippen LogP contribution in [0.4, 0.5) is 4.79 Å². The van der Waals surface area contributed by atoms with Crippen LogP contribution in [0.1, 0.15) is 18.4 Å². The number of hydrogen-bond acceptors (Lipinski definition) is 8. The number of fused-ring (bicyclic) bond motifs is 1. The Bertz CT molecular complexity index is 1080. The minimum absolute atomic E-state index is 0.146. The Morgan fingerprint density at radius 2 is 1.97 bits per heavy atom. The first-order chi connectivity index (χ1) is 15.4. The van der Waals surface area contributed by atoms with Gasteiger partial charge < -0.3 is 24.5 Å². The van der Waals surface area contributed by atoms with E-state index in [0.717, 1.165) is 0 Å². The van der Waals surface area contributed by atoms with Crippen LogP contribution in [0, 0.1) is 56.7 Å². The number of nitrogens with zero attached hydrogens (tertiary/aromatic N) is 4. The van der Waals surface area contributed by atoms with Gasteiger partial charge in [-0.1, -0.05) is 12.1 Å². The van der Waals surface area contributed by atoms with E-state index in [4.69, 9.17) is 19.6 Å². The molecule has 1 N–H and O–H groups in total. The van der Waals surface area contributed by atoms with E-state index in [1.165, 1.54) is 19.1 Å². The quantitative estimate of drug-likeness (QED) is 0.719. The summed E-state index contributed by atoms with van der Waals surface area (Å²) in [5, 5.41) is 38.5. The number of nitrogens with one attached hydrogen (secondary N) is 1. The molecule has 1 fully saturated rings. The molecule has 0 spiro atoms. The second kappa shape index (κ2) is 8.99. The van der Waals surface area contributed by atoms with Crippen molar-refractivity contribution in [3.05, 3.63) is 35.4 Å². The fourth-order valence-corrected chi connectivity index (χ4v) is 4.60. The molecule has 1 saturated carbocycles. The van der Waals surface area contributed by atoms with Crippen molar-refractivity contribution in [2.24, 2.45) is 17.3 Å². The van der Waals surface area contributed by atoms with E-state index >= 15 is 0 Å². The molecule has 1 aliphatic carbocycles. The predicted octanol–water partition coefficient (Wildman–Crippen LogP) is 3.01. The van der Waals surface area contributed by atoms with Crippen molar-refractivity contribution in [3.8, 4) is 29.7 Å². The summed E-state index contributed by atoms with van der Waals surface area (Å²) in [6.45, 7) is 2.59. The lowest BCUT2D eigenvalue weighted by Gasteiger charge is -2.47. The zero-order valence-electron chi connectivity index (χ0n) is 18.1. The highest BCUT2D eigenvalue weighted by Crippen LogP contribution is 2.53. The fraction of sp³-hybridized carbons (Fsp3) is 0.435. The molecule has 0 radical (unpaired) electrons. The van der Waals surface area contributed by atoms with E-state index in [0.29, 0.717) is 29.2 Å². The Morgan fingerprint density at radius 3 is 2.53 bits per heavy atom. The van der Waals surface area contributed by atoms with Crippen molar-refractivity contribution < 1.29 is 19.0 Å². The average Bonchev–Trinajstić information content (AvgIpc) is 2.83. The van der Waals surface area contributed by atoms with E-state index < -0.39 is 29.3 Å². The van der Waals surface area contributed by atoms with Gasteiger partial charge in [0.15, 0.2) is 11.5 Å². The number of carbonyl (C=O) groups excluding carboxylic acids is 1. The van der Waals surface area contributed by atoms with Gasteiger partial charge in [0, 0.05) is 24.9 Å². The molecule has 3 atom stereocenters. The molecule has 1 aromatic carbocycles. The summed E-state index contributed by atoms with van der Waals surface area (Å²) in [5.41, 5.74) is -0.971. The SMILES string of the molecule is CCOc1ccc([C@H]2C(C#N)C(=N)C(C#N)(C#N)C3=CCN(C(=O)OC)C[C@@H]32)cc1OC. The minimum atomic E-state index is -1.85. The second-order valence-electron chi connectivity index (χ2n) is 7.50. The van der Waals surface area contributed by atoms with Crippen molar-refractivity contribution in [2.45, 2.75) is 12.8 Å². The third-order valence-corrected chi connectivity index (χ3v) is 6.07. The van der Waals surface area contributed by atoms with Crippen molar-refractivity contribution in [3.63, 3.8) is 0 Å². The fourth-order valence-electron chi connectivity index (χ4n) is 4.60. The van der Waals surface area contributed by atoms with Crippen LogP contribution >= 0.6 is 0 Å². The van der Waals surface area contributed by atoms with Gasteiger partial charge >= 0.3 is 6.09 Å². The summed E-state index contributed by atoms with van der Waals surface area (Å²) in [4.78, 5) is 13.7. The van der Waals surface area contributed by atoms with Crippen molar-refractivity contribution in [2.75, 3.05) is 33.9 Å². The van der Waals surface area contributed by atoms with Gasteiger partial charge in [0.25, 0.3) is 0 Å². The molecule has 0 bridgehead atoms. The molecule has 0 aromatic heterocycles. The second-order valence-corrected chi connectivity index (χ2v) is 7.50. The number of ether oxygens (including phenoxy) is 3. The third kappa shape index (κ3) is 3.40. The van der Waals surface area contributed by atoms with Crippen LogP contribution in [0.2, 0.25) is 0 Å². The first-order valence-corrected chi connectivity index (χ1v) is 10.1. The number of amides is 1. The summed E-state index contributed by atoms with van der Waals surface area (Å²) in [6.07, 6.45) is 1.09. The molecule has 1 amide bonds. The molecular weight excluding hydrogens is 410 g/mol. The summed E-state index contributed by atoms with van der Waals surface area (Å²) in [6, 6.07) is 11.3. The maximum Gasteiger partial charge on any atom is 0.409 e. The van der Waals surface area contributed by atoms with Crippen LogP contribution in [-0.2, 0) is 4.74 Å². The Morgan fingerprint density at radius 1 is 1.25 bits per heavy atom. The number of methoxy groups -OCH3 is 2. The highest BCUT2D eigenvalue weighted by atomic mass is 16.5. The molecule has 1 aliphatic heterocycles. The molecule has 2 aliphatic rings. The molecule has 32 heavy (non-hydrogen) atoms. The summed E-state index contributed by atoms with van der Waals surface area (Å²) in [5.74, 6) is -1.15. The van der Waals surface area contributed by atoms with Crippen molar-refractivity contribution in [1.82, 2.24) is 4.90 Å². The summed E-state index contributed by atoms with van der Waals surface area (Å²) >= 11 is 0. The van der Waals surface area contributed by atoms with Gasteiger partial charge in [0.1, 0.15) is 0 Å². The molecule has 164 valence electrons. The van der Waals surface area contributed by atoms with Crippen LogP contribution in [0.15, 0.2) is 29.8 Å². The smallest absolute Gasteiger partial charge is 0.409 e. The average molecular weight is 433 g/mol. The van der Waals surface area contributed by atoms with Gasteiger partial charge in [-0.25, -0.2) is 4.79 Å². The highest BCUT2D eigenvalue weighted by Gasteiger charge is 2.57. The predicted molar refractivity (Wildman–Crippen MR) is 113 cm³/mol. The van der Waals surface area contributed by atoms with Gasteiger partial charge in [-0.3, -0.25) is 0 Å². The van der Waals surface area contributed by atoms with Crippen LogP contribution in [0.3, 0.4) is 0 Å². The minimum Gasteiger partial charge on any atom is -0.493 e. The van der Waals surface area contributed by atoms with Gasteiger partial charge in [0.2, 0.25) is 5.41 Å². The maximum atomic E-state index is 12.2. The van der Waals surface area contributed by atoms with E-state index in [1.54, 1.807) is 24.3 Å². The largest absolute Gasteiger partial charge is 0.493 e. The summed E-state index contributed by atoms with van der Waals surface area (Å²) < 4.78 is 15.9. The Kier molecular flexibility index (Phi) is 6.37. The van der Waals surface area contributed by atoms with Gasteiger partial charge in [-0.2, -0.15) is 15.8 Å². The normalized spacial score (nSPS) is 23.5. The number of hydrogen-bond donors (Lipinski definition) is 1. The molecule has 1 unspecified atom stereocenters. The molecule has 9 heteroatoms. The number of benzene rings is 1. The summed E-state index contributed by atoms with van der Waals surface area (Å²) in [7, 11) is 2.79. The molecule has 9 nitrogen and oxygen atoms in total. The molecule has 1 aromatic rings. The highest BCUT2D eigenvalue weighted by molar-refractivity contribution is 6.01. The molecule has 1 heterocycles. The van der Waals surface area contributed by atoms with Crippen LogP contribution in [0.25, 0.3) is 0 Å². The van der Waals surface area contributed by atoms with E-state index in [2.05, 4.69) is 6.07 Å². The lowest BCUT2D eigenvalue weighted by atomic mass is 9.55. The zero-order chi connectivity index (χ0) is 23.5. The Labute approximate surface area is 186 Å². The van der Waals surface area contributed by atoms with E-state index in [-0.39, 0.29) is 18.8 Å². The van der Waals surface area contributed by atoms with Crippen LogP contribution in [-0.4, -0.2) is 50.6 Å². The monoisotopic (exact) mass is 433 g/mol.